The summed E-state index contributed by atoms with van der Waals surface area (Å²) >= 11 is 0. The lowest BCUT2D eigenvalue weighted by Crippen LogP contribution is -2.18. The van der Waals surface area contributed by atoms with E-state index in [9.17, 15) is 14.0 Å². The van der Waals surface area contributed by atoms with Gasteiger partial charge in [-0.05, 0) is 30.3 Å². The number of pyridine rings is 1. The average Bonchev–Trinajstić information content (AvgIpc) is 3.16. The van der Waals surface area contributed by atoms with Crippen LogP contribution < -0.4 is 10.1 Å². The Morgan fingerprint density at radius 2 is 2.00 bits per heavy atom. The van der Waals surface area contributed by atoms with Gasteiger partial charge >= 0.3 is 6.09 Å². The highest BCUT2D eigenvalue weighted by atomic mass is 19.1. The van der Waals surface area contributed by atoms with Crippen molar-refractivity contribution in [3.8, 4) is 11.4 Å². The normalized spacial score (nSPS) is 10.6. The molecule has 0 saturated carbocycles. The van der Waals surface area contributed by atoms with E-state index in [4.69, 9.17) is 4.74 Å². The third-order valence-corrected chi connectivity index (χ3v) is 3.99. The number of benzene rings is 2. The lowest BCUT2D eigenvalue weighted by molar-refractivity contribution is 0.111. The van der Waals surface area contributed by atoms with Crippen LogP contribution in [0.4, 0.5) is 14.9 Å². The van der Waals surface area contributed by atoms with Crippen molar-refractivity contribution in [3.05, 3.63) is 78.5 Å². The predicted octanol–water partition coefficient (Wildman–Crippen LogP) is 3.98. The fraction of sp³-hybridized carbons (Fsp3) is 0. The first-order chi connectivity index (χ1) is 13.7. The van der Waals surface area contributed by atoms with E-state index in [2.05, 4.69) is 15.4 Å². The number of carbonyl (C=O) groups excluding carboxylic acids is 2. The van der Waals surface area contributed by atoms with Gasteiger partial charge in [-0.15, -0.1) is 0 Å². The molecule has 0 aliphatic rings. The molecule has 7 nitrogen and oxygen atoms in total. The van der Waals surface area contributed by atoms with Crippen LogP contribution in [-0.2, 0) is 0 Å². The van der Waals surface area contributed by atoms with Crippen LogP contribution in [0.5, 0.6) is 5.75 Å². The van der Waals surface area contributed by atoms with Gasteiger partial charge in [0, 0.05) is 5.39 Å². The Hall–Kier alpha value is -4.07. The van der Waals surface area contributed by atoms with Crippen molar-refractivity contribution >= 4 is 29.0 Å². The minimum atomic E-state index is -0.830. The lowest BCUT2D eigenvalue weighted by atomic mass is 10.2. The van der Waals surface area contributed by atoms with E-state index in [1.807, 2.05) is 24.3 Å². The van der Waals surface area contributed by atoms with Crippen molar-refractivity contribution in [3.63, 3.8) is 0 Å². The van der Waals surface area contributed by atoms with Gasteiger partial charge in [-0.1, -0.05) is 24.3 Å². The van der Waals surface area contributed by atoms with Crippen molar-refractivity contribution in [2.75, 3.05) is 5.32 Å². The van der Waals surface area contributed by atoms with E-state index in [-0.39, 0.29) is 17.1 Å². The number of carbonyl (C=O) groups is 2. The molecule has 0 aliphatic carbocycles. The maximum Gasteiger partial charge on any atom is 0.417 e. The third kappa shape index (κ3) is 3.30. The molecule has 138 valence electrons. The molecule has 1 amide bonds. The van der Waals surface area contributed by atoms with E-state index in [0.29, 0.717) is 12.0 Å². The Balaban J connectivity index is 1.61. The molecule has 1 N–H and O–H groups in total. The molecule has 8 heteroatoms. The van der Waals surface area contributed by atoms with Gasteiger partial charge in [0.15, 0.2) is 17.9 Å². The van der Waals surface area contributed by atoms with Crippen molar-refractivity contribution in [2.45, 2.75) is 0 Å². The Morgan fingerprint density at radius 1 is 1.14 bits per heavy atom. The second-order valence-corrected chi connectivity index (χ2v) is 5.80. The molecule has 0 saturated heterocycles. The molecular formula is C20H13FN4O3. The molecule has 4 aromatic rings. The van der Waals surface area contributed by atoms with Gasteiger partial charge in [0.1, 0.15) is 11.4 Å². The quantitative estimate of drug-likeness (QED) is 0.545. The van der Waals surface area contributed by atoms with Crippen LogP contribution in [-0.4, -0.2) is 27.1 Å². The van der Waals surface area contributed by atoms with Gasteiger partial charge < -0.3 is 4.74 Å². The van der Waals surface area contributed by atoms with E-state index in [0.717, 1.165) is 15.6 Å². The summed E-state index contributed by atoms with van der Waals surface area (Å²) in [7, 11) is 0. The summed E-state index contributed by atoms with van der Waals surface area (Å²) < 4.78 is 20.7. The first-order valence-electron chi connectivity index (χ1n) is 8.27. The fourth-order valence-electron chi connectivity index (χ4n) is 2.76. The van der Waals surface area contributed by atoms with E-state index in [1.165, 1.54) is 36.7 Å². The molecule has 28 heavy (non-hydrogen) atoms. The monoisotopic (exact) mass is 376 g/mol. The van der Waals surface area contributed by atoms with Crippen molar-refractivity contribution in [2.24, 2.45) is 0 Å². The Morgan fingerprint density at radius 3 is 2.86 bits per heavy atom. The van der Waals surface area contributed by atoms with Crippen LogP contribution >= 0.6 is 0 Å². The maximum atomic E-state index is 14.4. The SMILES string of the molecule is O=Cc1ccnn1-c1c(F)cccc1OC(=O)Nc1cnc2ccccc2c1. The zero-order chi connectivity index (χ0) is 19.5. The summed E-state index contributed by atoms with van der Waals surface area (Å²) in [6.45, 7) is 0. The van der Waals surface area contributed by atoms with Crippen LogP contribution in [0.1, 0.15) is 10.5 Å². The number of amides is 1. The molecular weight excluding hydrogens is 363 g/mol. The number of anilines is 1. The highest BCUT2D eigenvalue weighted by Gasteiger charge is 2.18. The first kappa shape index (κ1) is 17.3. The number of nitrogens with zero attached hydrogens (tertiary/aromatic N) is 3. The molecule has 2 aromatic heterocycles. The maximum absolute atomic E-state index is 14.4. The van der Waals surface area contributed by atoms with Gasteiger partial charge in [-0.25, -0.2) is 13.9 Å². The molecule has 0 fully saturated rings. The fourth-order valence-corrected chi connectivity index (χ4v) is 2.76. The number of para-hydroxylation sites is 2. The third-order valence-electron chi connectivity index (χ3n) is 3.99. The molecule has 0 unspecified atom stereocenters. The zero-order valence-corrected chi connectivity index (χ0v) is 14.4. The Kier molecular flexibility index (Phi) is 4.51. The summed E-state index contributed by atoms with van der Waals surface area (Å²) in [5.74, 6) is -0.775. The van der Waals surface area contributed by atoms with Crippen molar-refractivity contribution < 1.29 is 18.7 Å². The number of fused-ring (bicyclic) bond motifs is 1. The second kappa shape index (κ2) is 7.28. The van der Waals surface area contributed by atoms with Crippen LogP contribution in [0.2, 0.25) is 0 Å². The molecule has 0 bridgehead atoms. The Bertz CT molecular complexity index is 1190. The largest absolute Gasteiger partial charge is 0.417 e. The first-order valence-corrected chi connectivity index (χ1v) is 8.27. The topological polar surface area (TPSA) is 86.1 Å². The van der Waals surface area contributed by atoms with Crippen molar-refractivity contribution in [1.29, 1.82) is 0 Å². The van der Waals surface area contributed by atoms with Crippen LogP contribution in [0.3, 0.4) is 0 Å². The molecule has 0 radical (unpaired) electrons. The molecule has 4 rings (SSSR count). The number of aromatic nitrogens is 3. The van der Waals surface area contributed by atoms with E-state index < -0.39 is 11.9 Å². The average molecular weight is 376 g/mol. The number of hydrogen-bond acceptors (Lipinski definition) is 5. The van der Waals surface area contributed by atoms with Crippen LogP contribution in [0.25, 0.3) is 16.6 Å². The standard InChI is InChI=1S/C20H13FN4O3/c21-16-5-3-7-18(19(16)25-15(12-26)8-9-23-25)28-20(27)24-14-10-13-4-1-2-6-17(13)22-11-14/h1-12H,(H,24,27). The predicted molar refractivity (Wildman–Crippen MR) is 100 cm³/mol. The molecule has 0 atom stereocenters. The van der Waals surface area contributed by atoms with Gasteiger partial charge in [0.05, 0.1) is 23.6 Å². The lowest BCUT2D eigenvalue weighted by Gasteiger charge is -2.12. The molecule has 0 spiro atoms. The zero-order valence-electron chi connectivity index (χ0n) is 14.4. The number of aldehydes is 1. The number of halogens is 1. The summed E-state index contributed by atoms with van der Waals surface area (Å²) in [6, 6.07) is 14.6. The minimum absolute atomic E-state index is 0.0851. The minimum Gasteiger partial charge on any atom is -0.408 e. The number of rotatable bonds is 4. The highest BCUT2D eigenvalue weighted by molar-refractivity contribution is 5.90. The van der Waals surface area contributed by atoms with Gasteiger partial charge in [-0.3, -0.25) is 15.1 Å². The van der Waals surface area contributed by atoms with E-state index >= 15 is 0 Å². The van der Waals surface area contributed by atoms with Crippen molar-refractivity contribution in [1.82, 2.24) is 14.8 Å². The number of nitrogens with one attached hydrogen (secondary N) is 1. The highest BCUT2D eigenvalue weighted by Crippen LogP contribution is 2.27. The van der Waals surface area contributed by atoms with Crippen LogP contribution in [0.15, 0.2) is 67.0 Å². The molecule has 2 aromatic carbocycles. The smallest absolute Gasteiger partial charge is 0.408 e. The molecule has 2 heterocycles. The number of ether oxygens (including phenoxy) is 1. The van der Waals surface area contributed by atoms with Crippen LogP contribution in [0, 0.1) is 5.82 Å². The Labute approximate surface area is 158 Å². The molecule has 0 aliphatic heterocycles. The van der Waals surface area contributed by atoms with Gasteiger partial charge in [-0.2, -0.15) is 5.10 Å². The van der Waals surface area contributed by atoms with E-state index in [1.54, 1.807) is 6.07 Å². The second-order valence-electron chi connectivity index (χ2n) is 5.80. The summed E-state index contributed by atoms with van der Waals surface area (Å²) in [6.07, 6.45) is 2.54. The van der Waals surface area contributed by atoms with Gasteiger partial charge in [0.25, 0.3) is 0 Å². The number of hydrogen-bond donors (Lipinski definition) is 1. The van der Waals surface area contributed by atoms with Gasteiger partial charge in [0.2, 0.25) is 0 Å². The summed E-state index contributed by atoms with van der Waals surface area (Å²) in [5, 5.41) is 7.33. The summed E-state index contributed by atoms with van der Waals surface area (Å²) in [5.41, 5.74) is 1.19. The summed E-state index contributed by atoms with van der Waals surface area (Å²) in [4.78, 5) is 27.7.